The second kappa shape index (κ2) is 5.82. The molecule has 0 spiro atoms. The van der Waals surface area contributed by atoms with Gasteiger partial charge in [0.2, 0.25) is 5.91 Å². The lowest BCUT2D eigenvalue weighted by Gasteiger charge is -2.15. The summed E-state index contributed by atoms with van der Waals surface area (Å²) in [7, 11) is 0. The zero-order chi connectivity index (χ0) is 13.0. The van der Waals surface area contributed by atoms with Crippen LogP contribution < -0.4 is 10.5 Å². The van der Waals surface area contributed by atoms with Crippen molar-refractivity contribution in [1.29, 1.82) is 0 Å². The van der Waals surface area contributed by atoms with Gasteiger partial charge in [0.15, 0.2) is 0 Å². The SMILES string of the molecule is NC(=S)c1cccc(OCCN2CCCC2=O)c1. The third kappa shape index (κ3) is 3.20. The second-order valence-corrected chi connectivity index (χ2v) is 4.66. The van der Waals surface area contributed by atoms with Gasteiger partial charge in [-0.1, -0.05) is 24.4 Å². The first kappa shape index (κ1) is 12.8. The zero-order valence-corrected chi connectivity index (χ0v) is 10.9. The van der Waals surface area contributed by atoms with E-state index >= 15 is 0 Å². The molecule has 0 saturated carbocycles. The molecule has 4 nitrogen and oxygen atoms in total. The topological polar surface area (TPSA) is 55.6 Å². The zero-order valence-electron chi connectivity index (χ0n) is 10.1. The van der Waals surface area contributed by atoms with E-state index in [2.05, 4.69) is 0 Å². The normalized spacial score (nSPS) is 14.9. The lowest BCUT2D eigenvalue weighted by Crippen LogP contribution is -2.29. The van der Waals surface area contributed by atoms with Crippen LogP contribution in [0.15, 0.2) is 24.3 Å². The molecule has 0 radical (unpaired) electrons. The van der Waals surface area contributed by atoms with E-state index in [4.69, 9.17) is 22.7 Å². The molecule has 1 heterocycles. The summed E-state index contributed by atoms with van der Waals surface area (Å²) < 4.78 is 5.60. The summed E-state index contributed by atoms with van der Waals surface area (Å²) >= 11 is 4.91. The molecule has 1 aliphatic heterocycles. The molecule has 5 heteroatoms. The maximum Gasteiger partial charge on any atom is 0.222 e. The van der Waals surface area contributed by atoms with Crippen molar-refractivity contribution in [3.8, 4) is 5.75 Å². The van der Waals surface area contributed by atoms with Crippen LogP contribution in [-0.2, 0) is 4.79 Å². The van der Waals surface area contributed by atoms with Crippen LogP contribution in [0, 0.1) is 0 Å². The lowest BCUT2D eigenvalue weighted by molar-refractivity contribution is -0.128. The van der Waals surface area contributed by atoms with E-state index in [1.54, 1.807) is 0 Å². The van der Waals surface area contributed by atoms with Crippen LogP contribution in [0.2, 0.25) is 0 Å². The van der Waals surface area contributed by atoms with E-state index in [9.17, 15) is 4.79 Å². The van der Waals surface area contributed by atoms with Crippen LogP contribution in [0.1, 0.15) is 18.4 Å². The summed E-state index contributed by atoms with van der Waals surface area (Å²) in [6.07, 6.45) is 1.62. The smallest absolute Gasteiger partial charge is 0.222 e. The van der Waals surface area contributed by atoms with E-state index in [1.165, 1.54) is 0 Å². The van der Waals surface area contributed by atoms with Gasteiger partial charge in [0.1, 0.15) is 17.3 Å². The molecule has 1 aromatic rings. The summed E-state index contributed by atoms with van der Waals surface area (Å²) in [6.45, 7) is 1.97. The van der Waals surface area contributed by atoms with Crippen molar-refractivity contribution in [2.75, 3.05) is 19.7 Å². The van der Waals surface area contributed by atoms with Crippen LogP contribution in [0.5, 0.6) is 5.75 Å². The van der Waals surface area contributed by atoms with Crippen molar-refractivity contribution < 1.29 is 9.53 Å². The van der Waals surface area contributed by atoms with Gasteiger partial charge in [-0.05, 0) is 18.6 Å². The summed E-state index contributed by atoms with van der Waals surface area (Å²) in [4.78, 5) is 13.6. The van der Waals surface area contributed by atoms with Gasteiger partial charge in [-0.3, -0.25) is 4.79 Å². The molecule has 1 fully saturated rings. The summed E-state index contributed by atoms with van der Waals surface area (Å²) in [6, 6.07) is 7.37. The van der Waals surface area contributed by atoms with Crippen LogP contribution in [0.25, 0.3) is 0 Å². The van der Waals surface area contributed by atoms with Gasteiger partial charge in [-0.25, -0.2) is 0 Å². The van der Waals surface area contributed by atoms with Crippen LogP contribution in [0.4, 0.5) is 0 Å². The highest BCUT2D eigenvalue weighted by molar-refractivity contribution is 7.80. The van der Waals surface area contributed by atoms with Crippen molar-refractivity contribution in [2.45, 2.75) is 12.8 Å². The molecule has 2 rings (SSSR count). The Labute approximate surface area is 112 Å². The van der Waals surface area contributed by atoms with Gasteiger partial charge in [0.25, 0.3) is 0 Å². The van der Waals surface area contributed by atoms with E-state index < -0.39 is 0 Å². The van der Waals surface area contributed by atoms with Gasteiger partial charge >= 0.3 is 0 Å². The van der Waals surface area contributed by atoms with Crippen LogP contribution in [0.3, 0.4) is 0 Å². The fourth-order valence-corrected chi connectivity index (χ4v) is 2.08. The lowest BCUT2D eigenvalue weighted by atomic mass is 10.2. The molecule has 0 unspecified atom stereocenters. The van der Waals surface area contributed by atoms with Crippen molar-refractivity contribution in [3.63, 3.8) is 0 Å². The second-order valence-electron chi connectivity index (χ2n) is 4.22. The highest BCUT2D eigenvalue weighted by atomic mass is 32.1. The molecule has 1 aliphatic rings. The minimum absolute atomic E-state index is 0.218. The first-order chi connectivity index (χ1) is 8.66. The number of rotatable bonds is 5. The van der Waals surface area contributed by atoms with Gasteiger partial charge in [-0.15, -0.1) is 0 Å². The van der Waals surface area contributed by atoms with E-state index in [1.807, 2.05) is 29.2 Å². The van der Waals surface area contributed by atoms with Gasteiger partial charge < -0.3 is 15.4 Å². The Hall–Kier alpha value is -1.62. The number of hydrogen-bond donors (Lipinski definition) is 1. The fraction of sp³-hybridized carbons (Fsp3) is 0.385. The average Bonchev–Trinajstić information content (AvgIpc) is 2.76. The van der Waals surface area contributed by atoms with E-state index in [0.29, 0.717) is 24.6 Å². The van der Waals surface area contributed by atoms with Crippen molar-refractivity contribution >= 4 is 23.1 Å². The number of nitrogens with two attached hydrogens (primary N) is 1. The average molecular weight is 264 g/mol. The monoisotopic (exact) mass is 264 g/mol. The van der Waals surface area contributed by atoms with Crippen molar-refractivity contribution in [3.05, 3.63) is 29.8 Å². The Kier molecular flexibility index (Phi) is 4.15. The summed E-state index contributed by atoms with van der Waals surface area (Å²) in [5, 5.41) is 0. The Morgan fingerprint density at radius 3 is 3.00 bits per heavy atom. The number of thiocarbonyl (C=S) groups is 1. The predicted molar refractivity (Wildman–Crippen MR) is 73.6 cm³/mol. The minimum atomic E-state index is 0.218. The minimum Gasteiger partial charge on any atom is -0.492 e. The number of nitrogens with zero attached hydrogens (tertiary/aromatic N) is 1. The van der Waals surface area contributed by atoms with Gasteiger partial charge in [0, 0.05) is 18.5 Å². The Morgan fingerprint density at radius 2 is 2.33 bits per heavy atom. The third-order valence-corrected chi connectivity index (χ3v) is 3.16. The molecule has 1 amide bonds. The standard InChI is InChI=1S/C13H16N2O2S/c14-13(18)10-3-1-4-11(9-10)17-8-7-15-6-2-5-12(15)16/h1,3-4,9H,2,5-8H2,(H2,14,18). The van der Waals surface area contributed by atoms with E-state index in [-0.39, 0.29) is 5.91 Å². The first-order valence-electron chi connectivity index (χ1n) is 5.97. The number of likely N-dealkylation sites (tertiary alicyclic amines) is 1. The van der Waals surface area contributed by atoms with E-state index in [0.717, 1.165) is 24.3 Å². The first-order valence-corrected chi connectivity index (χ1v) is 6.38. The van der Waals surface area contributed by atoms with Gasteiger partial charge in [-0.2, -0.15) is 0 Å². The predicted octanol–water partition coefficient (Wildman–Crippen LogP) is 1.32. The molecule has 0 atom stereocenters. The Morgan fingerprint density at radius 1 is 1.50 bits per heavy atom. The van der Waals surface area contributed by atoms with Crippen LogP contribution >= 0.6 is 12.2 Å². The van der Waals surface area contributed by atoms with Gasteiger partial charge in [0.05, 0.1) is 6.54 Å². The molecule has 1 saturated heterocycles. The quantitative estimate of drug-likeness (QED) is 0.815. The number of amides is 1. The maximum absolute atomic E-state index is 11.4. The molecule has 18 heavy (non-hydrogen) atoms. The van der Waals surface area contributed by atoms with Crippen LogP contribution in [-0.4, -0.2) is 35.5 Å². The highest BCUT2D eigenvalue weighted by Gasteiger charge is 2.19. The molecular weight excluding hydrogens is 248 g/mol. The Balaban J connectivity index is 1.84. The number of hydrogen-bond acceptors (Lipinski definition) is 3. The Bertz CT molecular complexity index is 462. The molecule has 1 aromatic carbocycles. The molecule has 0 aromatic heterocycles. The number of benzene rings is 1. The molecule has 0 bridgehead atoms. The molecule has 2 N–H and O–H groups in total. The van der Waals surface area contributed by atoms with Crippen molar-refractivity contribution in [1.82, 2.24) is 4.90 Å². The summed E-state index contributed by atoms with van der Waals surface area (Å²) in [5.74, 6) is 0.947. The molecule has 0 aliphatic carbocycles. The van der Waals surface area contributed by atoms with Crippen molar-refractivity contribution in [2.24, 2.45) is 5.73 Å². The number of carbonyl (C=O) groups is 1. The third-order valence-electron chi connectivity index (χ3n) is 2.92. The maximum atomic E-state index is 11.4. The highest BCUT2D eigenvalue weighted by Crippen LogP contribution is 2.14. The summed E-state index contributed by atoms with van der Waals surface area (Å²) in [5.41, 5.74) is 6.34. The molecule has 96 valence electrons. The largest absolute Gasteiger partial charge is 0.492 e. The fourth-order valence-electron chi connectivity index (χ4n) is 1.95. The number of carbonyl (C=O) groups excluding carboxylic acids is 1. The number of ether oxygens (including phenoxy) is 1. The molecular formula is C13H16N2O2S.